The fourth-order valence-corrected chi connectivity index (χ4v) is 2.65. The van der Waals surface area contributed by atoms with Crippen molar-refractivity contribution in [3.05, 3.63) is 71.8 Å². The van der Waals surface area contributed by atoms with Crippen molar-refractivity contribution < 1.29 is 0 Å². The highest BCUT2D eigenvalue weighted by atomic mass is 15.0. The van der Waals surface area contributed by atoms with Gasteiger partial charge >= 0.3 is 0 Å². The molecule has 2 aromatic carbocycles. The fourth-order valence-electron chi connectivity index (χ4n) is 2.65. The molecule has 0 bridgehead atoms. The van der Waals surface area contributed by atoms with E-state index < -0.39 is 0 Å². The Balaban J connectivity index is 2.22. The van der Waals surface area contributed by atoms with E-state index in [0.29, 0.717) is 5.92 Å². The van der Waals surface area contributed by atoms with Gasteiger partial charge in [-0.2, -0.15) is 0 Å². The predicted molar refractivity (Wildman–Crippen MR) is 91.7 cm³/mol. The van der Waals surface area contributed by atoms with Gasteiger partial charge < -0.3 is 5.32 Å². The van der Waals surface area contributed by atoms with Gasteiger partial charge in [-0.25, -0.2) is 0 Å². The molecule has 1 heteroatoms. The molecule has 1 N–H and O–H groups in total. The zero-order valence-electron chi connectivity index (χ0n) is 13.5. The lowest BCUT2D eigenvalue weighted by molar-refractivity contribution is 0.328. The van der Waals surface area contributed by atoms with Crippen LogP contribution in [0.5, 0.6) is 0 Å². The first kappa shape index (κ1) is 15.8. The molecule has 1 nitrogen and oxygen atoms in total. The van der Waals surface area contributed by atoms with Gasteiger partial charge in [-0.05, 0) is 30.9 Å². The van der Waals surface area contributed by atoms with E-state index in [2.05, 4.69) is 86.8 Å². The van der Waals surface area contributed by atoms with Gasteiger partial charge in [0.2, 0.25) is 0 Å². The molecule has 0 spiro atoms. The molecule has 0 saturated heterocycles. The highest BCUT2D eigenvalue weighted by Gasteiger charge is 2.22. The average Bonchev–Trinajstić information content (AvgIpc) is 2.57. The smallest absolute Gasteiger partial charge is 0.0214 e. The van der Waals surface area contributed by atoms with Crippen LogP contribution in [0.25, 0.3) is 0 Å². The monoisotopic (exact) mass is 281 g/mol. The van der Waals surface area contributed by atoms with Crippen molar-refractivity contribution in [1.29, 1.82) is 0 Å². The Morgan fingerprint density at radius 3 is 1.62 bits per heavy atom. The molecule has 0 fully saturated rings. The van der Waals surface area contributed by atoms with E-state index in [0.717, 1.165) is 19.4 Å². The molecule has 0 amide bonds. The van der Waals surface area contributed by atoms with Gasteiger partial charge in [0.15, 0.2) is 0 Å². The van der Waals surface area contributed by atoms with Gasteiger partial charge in [0.1, 0.15) is 0 Å². The van der Waals surface area contributed by atoms with Crippen molar-refractivity contribution in [1.82, 2.24) is 5.32 Å². The molecule has 0 unspecified atom stereocenters. The third-order valence-electron chi connectivity index (χ3n) is 4.70. The Labute approximate surface area is 129 Å². The first-order chi connectivity index (χ1) is 10.2. The van der Waals surface area contributed by atoms with Crippen molar-refractivity contribution in [3.63, 3.8) is 0 Å². The minimum Gasteiger partial charge on any atom is -0.311 e. The van der Waals surface area contributed by atoms with E-state index in [9.17, 15) is 0 Å². The molecular formula is C20H27N. The Bertz CT molecular complexity index is 475. The molecule has 0 aromatic heterocycles. The molecule has 21 heavy (non-hydrogen) atoms. The van der Waals surface area contributed by atoms with Crippen molar-refractivity contribution >= 4 is 0 Å². The molecular weight excluding hydrogens is 254 g/mol. The van der Waals surface area contributed by atoms with Crippen molar-refractivity contribution in [2.24, 2.45) is 0 Å². The maximum Gasteiger partial charge on any atom is 0.0214 e. The van der Waals surface area contributed by atoms with Gasteiger partial charge in [0.05, 0.1) is 0 Å². The zero-order chi connectivity index (χ0) is 15.1. The van der Waals surface area contributed by atoms with Crippen molar-refractivity contribution in [3.8, 4) is 0 Å². The van der Waals surface area contributed by atoms with Crippen LogP contribution < -0.4 is 5.32 Å². The third-order valence-corrected chi connectivity index (χ3v) is 4.70. The average molecular weight is 281 g/mol. The second kappa shape index (κ2) is 7.42. The first-order valence-electron chi connectivity index (χ1n) is 8.03. The van der Waals surface area contributed by atoms with Crippen LogP contribution in [0.1, 0.15) is 50.7 Å². The van der Waals surface area contributed by atoms with Crippen LogP contribution in [0, 0.1) is 0 Å². The standard InChI is InChI=1S/C20H27N/c1-4-20(3,5-2)21-16-19(17-12-8-6-9-13-17)18-14-10-7-11-15-18/h6-15,19,21H,4-5,16H2,1-3H3. The number of benzene rings is 2. The van der Waals surface area contributed by atoms with Crippen LogP contribution in [0.2, 0.25) is 0 Å². The number of hydrogen-bond donors (Lipinski definition) is 1. The summed E-state index contributed by atoms with van der Waals surface area (Å²) in [6, 6.07) is 21.6. The van der Waals surface area contributed by atoms with E-state index in [-0.39, 0.29) is 5.54 Å². The van der Waals surface area contributed by atoms with Crippen LogP contribution in [0.4, 0.5) is 0 Å². The number of hydrogen-bond acceptors (Lipinski definition) is 1. The van der Waals surface area contributed by atoms with Gasteiger partial charge in [0.25, 0.3) is 0 Å². The van der Waals surface area contributed by atoms with Crippen LogP contribution in [0.15, 0.2) is 60.7 Å². The Morgan fingerprint density at radius 2 is 1.24 bits per heavy atom. The van der Waals surface area contributed by atoms with Gasteiger partial charge in [-0.1, -0.05) is 74.5 Å². The highest BCUT2D eigenvalue weighted by molar-refractivity contribution is 5.32. The minimum absolute atomic E-state index is 0.224. The largest absolute Gasteiger partial charge is 0.311 e. The van der Waals surface area contributed by atoms with Gasteiger partial charge in [0, 0.05) is 18.0 Å². The van der Waals surface area contributed by atoms with E-state index in [1.165, 1.54) is 11.1 Å². The third kappa shape index (κ3) is 4.18. The van der Waals surface area contributed by atoms with E-state index in [1.807, 2.05) is 0 Å². The van der Waals surface area contributed by atoms with Crippen molar-refractivity contribution in [2.75, 3.05) is 6.54 Å². The Hall–Kier alpha value is -1.60. The van der Waals surface area contributed by atoms with Crippen LogP contribution >= 0.6 is 0 Å². The second-order valence-corrected chi connectivity index (χ2v) is 6.02. The summed E-state index contributed by atoms with van der Waals surface area (Å²) in [6.45, 7) is 7.82. The second-order valence-electron chi connectivity index (χ2n) is 6.02. The minimum atomic E-state index is 0.224. The molecule has 0 aliphatic carbocycles. The maximum absolute atomic E-state index is 3.79. The SMILES string of the molecule is CCC(C)(CC)NCC(c1ccccc1)c1ccccc1. The predicted octanol–water partition coefficient (Wildman–Crippen LogP) is 4.99. The molecule has 0 saturated carbocycles. The number of nitrogens with one attached hydrogen (secondary N) is 1. The summed E-state index contributed by atoms with van der Waals surface area (Å²) in [5, 5.41) is 3.79. The van der Waals surface area contributed by atoms with Gasteiger partial charge in [-0.3, -0.25) is 0 Å². The molecule has 112 valence electrons. The van der Waals surface area contributed by atoms with E-state index >= 15 is 0 Å². The lowest BCUT2D eigenvalue weighted by atomic mass is 9.89. The molecule has 0 aliphatic rings. The van der Waals surface area contributed by atoms with Crippen LogP contribution in [-0.2, 0) is 0 Å². The molecule has 0 atom stereocenters. The van der Waals surface area contributed by atoms with E-state index in [4.69, 9.17) is 0 Å². The molecule has 2 aromatic rings. The fraction of sp³-hybridized carbons (Fsp3) is 0.400. The Morgan fingerprint density at radius 1 is 0.810 bits per heavy atom. The molecule has 0 radical (unpaired) electrons. The van der Waals surface area contributed by atoms with Crippen LogP contribution in [-0.4, -0.2) is 12.1 Å². The summed E-state index contributed by atoms with van der Waals surface area (Å²) in [7, 11) is 0. The van der Waals surface area contributed by atoms with Gasteiger partial charge in [-0.15, -0.1) is 0 Å². The topological polar surface area (TPSA) is 12.0 Å². The summed E-state index contributed by atoms with van der Waals surface area (Å²) in [5.74, 6) is 0.407. The van der Waals surface area contributed by atoms with E-state index in [1.54, 1.807) is 0 Å². The van der Waals surface area contributed by atoms with Crippen molar-refractivity contribution in [2.45, 2.75) is 45.1 Å². The summed E-state index contributed by atoms with van der Waals surface area (Å²) >= 11 is 0. The zero-order valence-corrected chi connectivity index (χ0v) is 13.5. The summed E-state index contributed by atoms with van der Waals surface area (Å²) in [6.07, 6.45) is 2.31. The molecule has 0 aliphatic heterocycles. The lowest BCUT2D eigenvalue weighted by Gasteiger charge is -2.31. The Kier molecular flexibility index (Phi) is 5.58. The summed E-state index contributed by atoms with van der Waals surface area (Å²) in [4.78, 5) is 0. The lowest BCUT2D eigenvalue weighted by Crippen LogP contribution is -2.43. The highest BCUT2D eigenvalue weighted by Crippen LogP contribution is 2.25. The molecule has 0 heterocycles. The molecule has 2 rings (SSSR count). The van der Waals surface area contributed by atoms with Crippen LogP contribution in [0.3, 0.4) is 0 Å². The number of rotatable bonds is 7. The first-order valence-corrected chi connectivity index (χ1v) is 8.03. The summed E-state index contributed by atoms with van der Waals surface area (Å²) in [5.41, 5.74) is 2.98. The normalized spacial score (nSPS) is 11.8. The maximum atomic E-state index is 3.79. The quantitative estimate of drug-likeness (QED) is 0.754. The summed E-state index contributed by atoms with van der Waals surface area (Å²) < 4.78 is 0.